The third-order valence-electron chi connectivity index (χ3n) is 3.01. The highest BCUT2D eigenvalue weighted by atomic mass is 35.5. The van der Waals surface area contributed by atoms with Crippen LogP contribution in [0, 0.1) is 0 Å². The first-order chi connectivity index (χ1) is 9.74. The predicted molar refractivity (Wildman–Crippen MR) is 89.7 cm³/mol. The minimum absolute atomic E-state index is 0.805. The molecule has 0 bridgehead atoms. The van der Waals surface area contributed by atoms with Crippen LogP contribution in [-0.4, -0.2) is 7.05 Å². The number of rotatable bonds is 5. The fourth-order valence-corrected chi connectivity index (χ4v) is 2.21. The van der Waals surface area contributed by atoms with Crippen LogP contribution in [0.3, 0.4) is 0 Å². The van der Waals surface area contributed by atoms with Crippen LogP contribution in [0.2, 0.25) is 10.0 Å². The molecule has 0 aliphatic rings. The first kappa shape index (κ1) is 17.0. The number of aryl methyl sites for hydroxylation is 2. The largest absolute Gasteiger partial charge is 0.333 e. The number of nitrogens with two attached hydrogens (primary N) is 1. The molecule has 0 amide bonds. The molecule has 2 rings (SSSR count). The molecule has 0 aliphatic heterocycles. The fraction of sp³-hybridized carbons (Fsp3) is 0.294. The summed E-state index contributed by atoms with van der Waals surface area (Å²) in [4.78, 5) is 0. The van der Waals surface area contributed by atoms with Crippen molar-refractivity contribution in [2.24, 2.45) is 5.73 Å². The maximum atomic E-state index is 5.86. The SMILES string of the molecule is CN.Clc1ccc(CCCCc2ccc(Cl)cc2)cc1. The van der Waals surface area contributed by atoms with E-state index in [1.807, 2.05) is 24.3 Å². The van der Waals surface area contributed by atoms with Crippen LogP contribution in [0.25, 0.3) is 0 Å². The first-order valence-corrected chi connectivity index (χ1v) is 7.56. The zero-order valence-electron chi connectivity index (χ0n) is 11.8. The van der Waals surface area contributed by atoms with Crippen molar-refractivity contribution in [1.82, 2.24) is 0 Å². The Kier molecular flexibility index (Phi) is 8.36. The van der Waals surface area contributed by atoms with Crippen molar-refractivity contribution in [3.8, 4) is 0 Å². The molecule has 2 aromatic carbocycles. The van der Waals surface area contributed by atoms with Gasteiger partial charge < -0.3 is 5.73 Å². The normalized spacial score (nSPS) is 9.80. The molecule has 0 spiro atoms. The molecule has 20 heavy (non-hydrogen) atoms. The Morgan fingerprint density at radius 2 is 0.950 bits per heavy atom. The van der Waals surface area contributed by atoms with Crippen LogP contribution in [0.15, 0.2) is 48.5 Å². The van der Waals surface area contributed by atoms with Crippen molar-refractivity contribution in [2.45, 2.75) is 25.7 Å². The Morgan fingerprint density at radius 3 is 1.25 bits per heavy atom. The Bertz CT molecular complexity index is 430. The lowest BCUT2D eigenvalue weighted by atomic mass is 10.0. The summed E-state index contributed by atoms with van der Waals surface area (Å²) in [7, 11) is 1.50. The number of benzene rings is 2. The fourth-order valence-electron chi connectivity index (χ4n) is 1.96. The van der Waals surface area contributed by atoms with Crippen LogP contribution in [0.5, 0.6) is 0 Å². The van der Waals surface area contributed by atoms with Crippen LogP contribution >= 0.6 is 23.2 Å². The second-order valence-corrected chi connectivity index (χ2v) is 5.33. The number of halogens is 2. The second kappa shape index (κ2) is 9.82. The average Bonchev–Trinajstić information content (AvgIpc) is 2.49. The van der Waals surface area contributed by atoms with Gasteiger partial charge in [0, 0.05) is 10.0 Å². The lowest BCUT2D eigenvalue weighted by molar-refractivity contribution is 0.734. The second-order valence-electron chi connectivity index (χ2n) is 4.46. The molecule has 0 radical (unpaired) electrons. The summed E-state index contributed by atoms with van der Waals surface area (Å²) in [5, 5.41) is 1.61. The highest BCUT2D eigenvalue weighted by Gasteiger charge is 1.96. The quantitative estimate of drug-likeness (QED) is 0.761. The van der Waals surface area contributed by atoms with Gasteiger partial charge in [0.1, 0.15) is 0 Å². The Morgan fingerprint density at radius 1 is 0.650 bits per heavy atom. The predicted octanol–water partition coefficient (Wildman–Crippen LogP) is 5.13. The van der Waals surface area contributed by atoms with Gasteiger partial charge in [0.2, 0.25) is 0 Å². The van der Waals surface area contributed by atoms with Gasteiger partial charge in [-0.1, -0.05) is 47.5 Å². The lowest BCUT2D eigenvalue weighted by Crippen LogP contribution is -1.89. The summed E-state index contributed by atoms with van der Waals surface area (Å²) in [5.41, 5.74) is 7.21. The number of hydrogen-bond acceptors (Lipinski definition) is 1. The molecule has 0 atom stereocenters. The van der Waals surface area contributed by atoms with Gasteiger partial charge in [-0.2, -0.15) is 0 Å². The standard InChI is InChI=1S/C16H16Cl2.CH5N/c17-15-9-5-13(6-10-15)3-1-2-4-14-7-11-16(18)12-8-14;1-2/h5-12H,1-4H2;2H2,1H3. The van der Waals surface area contributed by atoms with Gasteiger partial charge in [-0.15, -0.1) is 0 Å². The minimum atomic E-state index is 0.805. The van der Waals surface area contributed by atoms with E-state index in [-0.39, 0.29) is 0 Å². The molecule has 0 saturated carbocycles. The Hall–Kier alpha value is -1.02. The summed E-state index contributed by atoms with van der Waals surface area (Å²) in [6, 6.07) is 16.2. The Labute approximate surface area is 131 Å². The van der Waals surface area contributed by atoms with Gasteiger partial charge in [0.05, 0.1) is 0 Å². The van der Waals surface area contributed by atoms with E-state index >= 15 is 0 Å². The number of unbranched alkanes of at least 4 members (excludes halogenated alkanes) is 1. The smallest absolute Gasteiger partial charge is 0.0406 e. The summed E-state index contributed by atoms with van der Waals surface area (Å²) >= 11 is 11.7. The minimum Gasteiger partial charge on any atom is -0.333 e. The molecule has 1 nitrogen and oxygen atoms in total. The highest BCUT2D eigenvalue weighted by molar-refractivity contribution is 6.30. The summed E-state index contributed by atoms with van der Waals surface area (Å²) in [5.74, 6) is 0. The molecular formula is C17H21Cl2N. The zero-order valence-corrected chi connectivity index (χ0v) is 13.3. The molecule has 0 aromatic heterocycles. The molecule has 3 heteroatoms. The first-order valence-electron chi connectivity index (χ1n) is 6.81. The molecule has 0 aliphatic carbocycles. The van der Waals surface area contributed by atoms with Gasteiger partial charge in [-0.25, -0.2) is 0 Å². The van der Waals surface area contributed by atoms with Gasteiger partial charge in [0.15, 0.2) is 0 Å². The average molecular weight is 310 g/mol. The maximum Gasteiger partial charge on any atom is 0.0406 e. The van der Waals surface area contributed by atoms with E-state index in [2.05, 4.69) is 30.0 Å². The van der Waals surface area contributed by atoms with Crippen LogP contribution in [0.4, 0.5) is 0 Å². The molecule has 2 N–H and O–H groups in total. The highest BCUT2D eigenvalue weighted by Crippen LogP contribution is 2.14. The van der Waals surface area contributed by atoms with Crippen LogP contribution < -0.4 is 5.73 Å². The summed E-state index contributed by atoms with van der Waals surface area (Å²) in [6.07, 6.45) is 4.63. The zero-order chi connectivity index (χ0) is 14.8. The van der Waals surface area contributed by atoms with Crippen molar-refractivity contribution >= 4 is 23.2 Å². The summed E-state index contributed by atoms with van der Waals surface area (Å²) < 4.78 is 0. The molecule has 108 valence electrons. The van der Waals surface area contributed by atoms with E-state index in [9.17, 15) is 0 Å². The number of hydrogen-bond donors (Lipinski definition) is 1. The molecule has 2 aromatic rings. The van der Waals surface area contributed by atoms with Crippen molar-refractivity contribution in [3.63, 3.8) is 0 Å². The van der Waals surface area contributed by atoms with Crippen LogP contribution in [-0.2, 0) is 12.8 Å². The Balaban J connectivity index is 0.000000956. The third kappa shape index (κ3) is 6.42. The van der Waals surface area contributed by atoms with Crippen LogP contribution in [0.1, 0.15) is 24.0 Å². The van der Waals surface area contributed by atoms with Crippen molar-refractivity contribution < 1.29 is 0 Å². The van der Waals surface area contributed by atoms with E-state index in [1.54, 1.807) is 0 Å². The maximum absolute atomic E-state index is 5.86. The van der Waals surface area contributed by atoms with E-state index in [4.69, 9.17) is 23.2 Å². The molecule has 0 heterocycles. The van der Waals surface area contributed by atoms with Crippen molar-refractivity contribution in [3.05, 3.63) is 69.7 Å². The van der Waals surface area contributed by atoms with Crippen molar-refractivity contribution in [2.75, 3.05) is 7.05 Å². The summed E-state index contributed by atoms with van der Waals surface area (Å²) in [6.45, 7) is 0. The molecular weight excluding hydrogens is 289 g/mol. The third-order valence-corrected chi connectivity index (χ3v) is 3.51. The van der Waals surface area contributed by atoms with E-state index in [1.165, 1.54) is 31.0 Å². The van der Waals surface area contributed by atoms with Gasteiger partial charge in [-0.05, 0) is 68.1 Å². The van der Waals surface area contributed by atoms with E-state index < -0.39 is 0 Å². The molecule has 0 unspecified atom stereocenters. The molecule has 0 saturated heterocycles. The van der Waals surface area contributed by atoms with Gasteiger partial charge in [-0.3, -0.25) is 0 Å². The van der Waals surface area contributed by atoms with Gasteiger partial charge in [0.25, 0.3) is 0 Å². The van der Waals surface area contributed by atoms with Gasteiger partial charge >= 0.3 is 0 Å². The topological polar surface area (TPSA) is 26.0 Å². The molecule has 0 fully saturated rings. The monoisotopic (exact) mass is 309 g/mol. The lowest BCUT2D eigenvalue weighted by Gasteiger charge is -2.03. The van der Waals surface area contributed by atoms with Crippen molar-refractivity contribution in [1.29, 1.82) is 0 Å². The van der Waals surface area contributed by atoms with E-state index in [0.29, 0.717) is 0 Å². The van der Waals surface area contributed by atoms with E-state index in [0.717, 1.165) is 22.9 Å².